The van der Waals surface area contributed by atoms with Crippen molar-refractivity contribution in [2.75, 3.05) is 6.54 Å². The Hall–Kier alpha value is -1.80. The zero-order valence-corrected chi connectivity index (χ0v) is 14.0. The molecule has 0 saturated carbocycles. The molecule has 0 aliphatic heterocycles. The Morgan fingerprint density at radius 3 is 2.27 bits per heavy atom. The summed E-state index contributed by atoms with van der Waals surface area (Å²) in [5, 5.41) is 2.51. The highest BCUT2D eigenvalue weighted by Crippen LogP contribution is 2.31. The van der Waals surface area contributed by atoms with Gasteiger partial charge in [0.25, 0.3) is 0 Å². The summed E-state index contributed by atoms with van der Waals surface area (Å²) in [5.74, 6) is 0. The van der Waals surface area contributed by atoms with Gasteiger partial charge in [-0.05, 0) is 51.8 Å². The van der Waals surface area contributed by atoms with Crippen LogP contribution in [-0.2, 0) is 6.42 Å². The van der Waals surface area contributed by atoms with E-state index in [0.29, 0.717) is 12.1 Å². The summed E-state index contributed by atoms with van der Waals surface area (Å²) in [6, 6.07) is 15.9. The molecule has 1 aromatic heterocycles. The van der Waals surface area contributed by atoms with Crippen molar-refractivity contribution in [2.24, 2.45) is 0 Å². The van der Waals surface area contributed by atoms with Crippen LogP contribution in [0.15, 0.2) is 46.9 Å². The first-order valence-corrected chi connectivity index (χ1v) is 8.23. The van der Waals surface area contributed by atoms with Gasteiger partial charge in [-0.2, -0.15) is 0 Å². The van der Waals surface area contributed by atoms with Crippen molar-refractivity contribution in [3.05, 3.63) is 48.0 Å². The number of rotatable bonds is 5. The van der Waals surface area contributed by atoms with Gasteiger partial charge in [0.05, 0.1) is 0 Å². The molecule has 2 aromatic carbocycles. The van der Waals surface area contributed by atoms with Crippen LogP contribution >= 0.6 is 0 Å². The van der Waals surface area contributed by atoms with E-state index < -0.39 is 0 Å². The molecule has 22 heavy (non-hydrogen) atoms. The SMILES string of the molecule is CC(C)N(CCc1cccc2oc3ccccc3c12)C(C)C. The Bertz CT molecular complexity index is 762. The van der Waals surface area contributed by atoms with Crippen LogP contribution in [0.2, 0.25) is 0 Å². The molecule has 3 rings (SSSR count). The summed E-state index contributed by atoms with van der Waals surface area (Å²) in [6.45, 7) is 10.2. The number of fused-ring (bicyclic) bond motifs is 3. The summed E-state index contributed by atoms with van der Waals surface area (Å²) in [6.07, 6.45) is 1.05. The van der Waals surface area contributed by atoms with Crippen LogP contribution in [0.5, 0.6) is 0 Å². The van der Waals surface area contributed by atoms with Crippen LogP contribution in [0.1, 0.15) is 33.3 Å². The minimum absolute atomic E-state index is 0.570. The van der Waals surface area contributed by atoms with Gasteiger partial charge in [0, 0.05) is 29.4 Å². The predicted octanol–water partition coefficient (Wildman–Crippen LogP) is 5.25. The maximum atomic E-state index is 5.98. The molecular formula is C20H25NO. The van der Waals surface area contributed by atoms with Gasteiger partial charge in [-0.1, -0.05) is 30.3 Å². The fraction of sp³-hybridized carbons (Fsp3) is 0.400. The topological polar surface area (TPSA) is 16.4 Å². The Balaban J connectivity index is 1.97. The Morgan fingerprint density at radius 1 is 0.864 bits per heavy atom. The predicted molar refractivity (Wildman–Crippen MR) is 94.4 cm³/mol. The standard InChI is InChI=1S/C20H25NO/c1-14(2)21(15(3)4)13-12-16-8-7-11-19-20(16)17-9-5-6-10-18(17)22-19/h5-11,14-15H,12-13H2,1-4H3. The zero-order chi connectivity index (χ0) is 15.7. The van der Waals surface area contributed by atoms with Gasteiger partial charge in [0.1, 0.15) is 11.2 Å². The minimum Gasteiger partial charge on any atom is -0.456 e. The highest BCUT2D eigenvalue weighted by Gasteiger charge is 2.15. The normalized spacial score (nSPS) is 12.3. The second-order valence-electron chi connectivity index (χ2n) is 6.56. The molecule has 0 radical (unpaired) electrons. The fourth-order valence-electron chi connectivity index (χ4n) is 3.42. The molecule has 0 unspecified atom stereocenters. The van der Waals surface area contributed by atoms with Crippen LogP contribution in [0.25, 0.3) is 21.9 Å². The maximum Gasteiger partial charge on any atom is 0.135 e. The zero-order valence-electron chi connectivity index (χ0n) is 14.0. The van der Waals surface area contributed by atoms with Crippen molar-refractivity contribution in [3.63, 3.8) is 0 Å². The van der Waals surface area contributed by atoms with Gasteiger partial charge in [-0.15, -0.1) is 0 Å². The lowest BCUT2D eigenvalue weighted by Gasteiger charge is -2.30. The Labute approximate surface area is 132 Å². The first-order chi connectivity index (χ1) is 10.6. The molecule has 0 N–H and O–H groups in total. The smallest absolute Gasteiger partial charge is 0.135 e. The molecule has 3 aromatic rings. The first kappa shape index (κ1) is 15.1. The molecule has 0 aliphatic carbocycles. The minimum atomic E-state index is 0.570. The molecule has 0 amide bonds. The van der Waals surface area contributed by atoms with Crippen molar-refractivity contribution < 1.29 is 4.42 Å². The molecule has 2 nitrogen and oxygen atoms in total. The third-order valence-corrected chi connectivity index (χ3v) is 4.45. The van der Waals surface area contributed by atoms with Gasteiger partial charge in [0.15, 0.2) is 0 Å². The van der Waals surface area contributed by atoms with Crippen molar-refractivity contribution in [2.45, 2.75) is 46.2 Å². The molecular weight excluding hydrogens is 270 g/mol. The monoisotopic (exact) mass is 295 g/mol. The summed E-state index contributed by atoms with van der Waals surface area (Å²) in [4.78, 5) is 2.54. The first-order valence-electron chi connectivity index (χ1n) is 8.23. The number of para-hydroxylation sites is 1. The van der Waals surface area contributed by atoms with Crippen molar-refractivity contribution in [1.82, 2.24) is 4.90 Å². The van der Waals surface area contributed by atoms with E-state index in [-0.39, 0.29) is 0 Å². The van der Waals surface area contributed by atoms with Gasteiger partial charge < -0.3 is 4.42 Å². The second kappa shape index (κ2) is 6.13. The average molecular weight is 295 g/mol. The largest absolute Gasteiger partial charge is 0.456 e. The highest BCUT2D eigenvalue weighted by molar-refractivity contribution is 6.06. The van der Waals surface area contributed by atoms with E-state index in [1.165, 1.54) is 16.3 Å². The van der Waals surface area contributed by atoms with Crippen LogP contribution in [0.4, 0.5) is 0 Å². The van der Waals surface area contributed by atoms with Crippen LogP contribution < -0.4 is 0 Å². The molecule has 2 heteroatoms. The number of furan rings is 1. The molecule has 0 fully saturated rings. The third-order valence-electron chi connectivity index (χ3n) is 4.45. The average Bonchev–Trinajstić information content (AvgIpc) is 2.85. The number of benzene rings is 2. The quantitative estimate of drug-likeness (QED) is 0.639. The molecule has 0 spiro atoms. The molecule has 0 bridgehead atoms. The maximum absolute atomic E-state index is 5.98. The lowest BCUT2D eigenvalue weighted by atomic mass is 10.0. The van der Waals surface area contributed by atoms with Crippen molar-refractivity contribution >= 4 is 21.9 Å². The van der Waals surface area contributed by atoms with Gasteiger partial charge in [-0.3, -0.25) is 4.90 Å². The third kappa shape index (κ3) is 2.76. The summed E-state index contributed by atoms with van der Waals surface area (Å²) in [7, 11) is 0. The second-order valence-corrected chi connectivity index (χ2v) is 6.56. The molecule has 0 atom stereocenters. The lowest BCUT2D eigenvalue weighted by molar-refractivity contribution is 0.177. The Kier molecular flexibility index (Phi) is 4.21. The van der Waals surface area contributed by atoms with E-state index in [9.17, 15) is 0 Å². The summed E-state index contributed by atoms with van der Waals surface area (Å²) in [5.41, 5.74) is 3.36. The van der Waals surface area contributed by atoms with Gasteiger partial charge >= 0.3 is 0 Å². The number of nitrogens with zero attached hydrogens (tertiary/aromatic N) is 1. The van der Waals surface area contributed by atoms with Crippen LogP contribution in [0, 0.1) is 0 Å². The van der Waals surface area contributed by atoms with E-state index in [2.05, 4.69) is 62.9 Å². The number of hydrogen-bond donors (Lipinski definition) is 0. The fourth-order valence-corrected chi connectivity index (χ4v) is 3.42. The van der Waals surface area contributed by atoms with E-state index >= 15 is 0 Å². The van der Waals surface area contributed by atoms with Crippen LogP contribution in [-0.4, -0.2) is 23.5 Å². The molecule has 0 aliphatic rings. The highest BCUT2D eigenvalue weighted by atomic mass is 16.3. The lowest BCUT2D eigenvalue weighted by Crippen LogP contribution is -2.38. The van der Waals surface area contributed by atoms with Gasteiger partial charge in [-0.25, -0.2) is 0 Å². The van der Waals surface area contributed by atoms with Gasteiger partial charge in [0.2, 0.25) is 0 Å². The van der Waals surface area contributed by atoms with Crippen LogP contribution in [0.3, 0.4) is 0 Å². The number of hydrogen-bond acceptors (Lipinski definition) is 2. The van der Waals surface area contributed by atoms with Crippen molar-refractivity contribution in [3.8, 4) is 0 Å². The van der Waals surface area contributed by atoms with E-state index in [0.717, 1.165) is 24.1 Å². The summed E-state index contributed by atoms with van der Waals surface area (Å²) < 4.78 is 5.98. The molecule has 0 saturated heterocycles. The summed E-state index contributed by atoms with van der Waals surface area (Å²) >= 11 is 0. The molecule has 1 heterocycles. The van der Waals surface area contributed by atoms with Crippen molar-refractivity contribution in [1.29, 1.82) is 0 Å². The van der Waals surface area contributed by atoms with E-state index in [1.54, 1.807) is 0 Å². The van der Waals surface area contributed by atoms with E-state index in [4.69, 9.17) is 4.42 Å². The Morgan fingerprint density at radius 2 is 1.55 bits per heavy atom. The van der Waals surface area contributed by atoms with E-state index in [1.807, 2.05) is 12.1 Å². The molecule has 116 valence electrons.